The Morgan fingerprint density at radius 2 is 2.00 bits per heavy atom. The van der Waals surface area contributed by atoms with Crippen LogP contribution >= 0.6 is 0 Å². The maximum Gasteiger partial charge on any atom is 0.324 e. The molecule has 0 aliphatic carbocycles. The van der Waals surface area contributed by atoms with E-state index in [1.54, 1.807) is 12.1 Å². The van der Waals surface area contributed by atoms with Crippen LogP contribution in [-0.4, -0.2) is 42.4 Å². The van der Waals surface area contributed by atoms with E-state index in [1.165, 1.54) is 0 Å². The average Bonchev–Trinajstić information content (AvgIpc) is 2.71. The van der Waals surface area contributed by atoms with E-state index >= 15 is 0 Å². The number of carbonyl (C=O) groups is 3. The summed E-state index contributed by atoms with van der Waals surface area (Å²) in [7, 11) is 0. The molecule has 1 fully saturated rings. The molecule has 0 atom stereocenters. The average molecular weight is 261 g/mol. The third-order valence-corrected chi connectivity index (χ3v) is 2.87. The summed E-state index contributed by atoms with van der Waals surface area (Å²) in [6, 6.07) is 6.77. The monoisotopic (exact) mass is 261 g/mol. The summed E-state index contributed by atoms with van der Waals surface area (Å²) >= 11 is 0. The van der Waals surface area contributed by atoms with Crippen LogP contribution in [0.15, 0.2) is 24.3 Å². The van der Waals surface area contributed by atoms with Crippen molar-refractivity contribution < 1.29 is 14.4 Å². The minimum atomic E-state index is -0.408. The van der Waals surface area contributed by atoms with E-state index in [-0.39, 0.29) is 31.4 Å². The van der Waals surface area contributed by atoms with Crippen LogP contribution in [0.5, 0.6) is 0 Å². The molecule has 0 unspecified atom stereocenters. The van der Waals surface area contributed by atoms with Crippen LogP contribution in [0.1, 0.15) is 15.9 Å². The number of nitrogens with zero attached hydrogens (tertiary/aromatic N) is 1. The summed E-state index contributed by atoms with van der Waals surface area (Å²) in [5.74, 6) is -0.485. The minimum absolute atomic E-state index is 0.0325. The van der Waals surface area contributed by atoms with E-state index in [2.05, 4.69) is 10.6 Å². The second-order valence-corrected chi connectivity index (χ2v) is 4.33. The van der Waals surface area contributed by atoms with Gasteiger partial charge in [0.15, 0.2) is 0 Å². The van der Waals surface area contributed by atoms with Gasteiger partial charge in [-0.15, -0.1) is 0 Å². The summed E-state index contributed by atoms with van der Waals surface area (Å²) in [4.78, 5) is 35.4. The molecule has 100 valence electrons. The molecule has 0 radical (unpaired) electrons. The maximum absolute atomic E-state index is 11.8. The smallest absolute Gasteiger partial charge is 0.324 e. The lowest BCUT2D eigenvalue weighted by atomic mass is 10.1. The zero-order valence-electron chi connectivity index (χ0n) is 10.6. The Bertz CT molecular complexity index is 494. The van der Waals surface area contributed by atoms with Crippen LogP contribution in [0, 0.1) is 6.92 Å². The SMILES string of the molecule is Cc1ccc(C(=O)NCCN2C(=O)CNC2=O)cc1. The van der Waals surface area contributed by atoms with Gasteiger partial charge in [0.25, 0.3) is 5.91 Å². The molecule has 1 aliphatic heterocycles. The highest BCUT2D eigenvalue weighted by Crippen LogP contribution is 2.03. The number of imide groups is 1. The lowest BCUT2D eigenvalue weighted by molar-refractivity contribution is -0.124. The van der Waals surface area contributed by atoms with Crippen LogP contribution in [0.2, 0.25) is 0 Å². The fourth-order valence-corrected chi connectivity index (χ4v) is 1.77. The van der Waals surface area contributed by atoms with Crippen LogP contribution in [-0.2, 0) is 4.79 Å². The zero-order chi connectivity index (χ0) is 13.8. The van der Waals surface area contributed by atoms with Gasteiger partial charge in [-0.1, -0.05) is 17.7 Å². The van der Waals surface area contributed by atoms with Crippen LogP contribution < -0.4 is 10.6 Å². The van der Waals surface area contributed by atoms with Crippen molar-refractivity contribution in [1.29, 1.82) is 0 Å². The molecular formula is C13H15N3O3. The van der Waals surface area contributed by atoms with Crippen molar-refractivity contribution in [3.63, 3.8) is 0 Å². The van der Waals surface area contributed by atoms with E-state index < -0.39 is 6.03 Å². The topological polar surface area (TPSA) is 78.5 Å². The van der Waals surface area contributed by atoms with Crippen molar-refractivity contribution in [3.05, 3.63) is 35.4 Å². The van der Waals surface area contributed by atoms with Crippen molar-refractivity contribution in [2.45, 2.75) is 6.92 Å². The van der Waals surface area contributed by atoms with E-state index in [0.29, 0.717) is 5.56 Å². The number of carbonyl (C=O) groups excluding carboxylic acids is 3. The predicted octanol–water partition coefficient (Wildman–Crippen LogP) is 0.277. The third-order valence-electron chi connectivity index (χ3n) is 2.87. The van der Waals surface area contributed by atoms with Crippen molar-refractivity contribution in [1.82, 2.24) is 15.5 Å². The standard InChI is InChI=1S/C13H15N3O3/c1-9-2-4-10(5-3-9)12(18)14-6-7-16-11(17)8-15-13(16)19/h2-5H,6-8H2,1H3,(H,14,18)(H,15,19). The fourth-order valence-electron chi connectivity index (χ4n) is 1.77. The number of benzene rings is 1. The molecule has 4 amide bonds. The molecule has 1 aliphatic rings. The first kappa shape index (κ1) is 13.1. The van der Waals surface area contributed by atoms with E-state index in [1.807, 2.05) is 19.1 Å². The van der Waals surface area contributed by atoms with Gasteiger partial charge < -0.3 is 10.6 Å². The molecule has 0 aromatic heterocycles. The Kier molecular flexibility index (Phi) is 3.79. The predicted molar refractivity (Wildman–Crippen MR) is 68.6 cm³/mol. The Labute approximate surface area is 110 Å². The lowest BCUT2D eigenvalue weighted by Gasteiger charge is -2.12. The first-order chi connectivity index (χ1) is 9.08. The van der Waals surface area contributed by atoms with Gasteiger partial charge in [0.1, 0.15) is 0 Å². The Balaban J connectivity index is 1.82. The van der Waals surface area contributed by atoms with Crippen LogP contribution in [0.25, 0.3) is 0 Å². The Morgan fingerprint density at radius 3 is 2.58 bits per heavy atom. The van der Waals surface area contributed by atoms with Crippen LogP contribution in [0.4, 0.5) is 4.79 Å². The van der Waals surface area contributed by atoms with Gasteiger partial charge in [-0.2, -0.15) is 0 Å². The maximum atomic E-state index is 11.8. The van der Waals surface area contributed by atoms with Crippen molar-refractivity contribution in [2.75, 3.05) is 19.6 Å². The zero-order valence-corrected chi connectivity index (χ0v) is 10.6. The Hall–Kier alpha value is -2.37. The normalized spacial score (nSPS) is 14.5. The second kappa shape index (κ2) is 5.51. The summed E-state index contributed by atoms with van der Waals surface area (Å²) < 4.78 is 0. The van der Waals surface area contributed by atoms with E-state index in [4.69, 9.17) is 0 Å². The molecule has 1 aromatic rings. The molecular weight excluding hydrogens is 246 g/mol. The van der Waals surface area contributed by atoms with Gasteiger partial charge in [-0.3, -0.25) is 14.5 Å². The number of amides is 4. The number of rotatable bonds is 4. The van der Waals surface area contributed by atoms with Crippen molar-refractivity contribution in [3.8, 4) is 0 Å². The summed E-state index contributed by atoms with van der Waals surface area (Å²) in [6.07, 6.45) is 0. The molecule has 6 heteroatoms. The number of hydrogen-bond acceptors (Lipinski definition) is 3. The molecule has 0 bridgehead atoms. The molecule has 0 saturated carbocycles. The van der Waals surface area contributed by atoms with E-state index in [9.17, 15) is 14.4 Å². The molecule has 0 spiro atoms. The minimum Gasteiger partial charge on any atom is -0.350 e. The van der Waals surface area contributed by atoms with Gasteiger partial charge in [-0.05, 0) is 19.1 Å². The number of urea groups is 1. The summed E-state index contributed by atoms with van der Waals surface area (Å²) in [5.41, 5.74) is 1.64. The quantitative estimate of drug-likeness (QED) is 0.764. The lowest BCUT2D eigenvalue weighted by Crippen LogP contribution is -2.38. The molecule has 1 aromatic carbocycles. The molecule has 2 rings (SSSR count). The second-order valence-electron chi connectivity index (χ2n) is 4.33. The summed E-state index contributed by atoms with van der Waals surface area (Å²) in [6.45, 7) is 2.40. The molecule has 1 saturated heterocycles. The van der Waals surface area contributed by atoms with Crippen LogP contribution in [0.3, 0.4) is 0 Å². The number of hydrogen-bond donors (Lipinski definition) is 2. The van der Waals surface area contributed by atoms with Crippen molar-refractivity contribution >= 4 is 17.8 Å². The van der Waals surface area contributed by atoms with E-state index in [0.717, 1.165) is 10.5 Å². The highest BCUT2D eigenvalue weighted by atomic mass is 16.2. The molecule has 1 heterocycles. The first-order valence-corrected chi connectivity index (χ1v) is 6.01. The van der Waals surface area contributed by atoms with Gasteiger partial charge >= 0.3 is 6.03 Å². The first-order valence-electron chi connectivity index (χ1n) is 6.01. The van der Waals surface area contributed by atoms with Crippen molar-refractivity contribution in [2.24, 2.45) is 0 Å². The molecule has 2 N–H and O–H groups in total. The van der Waals surface area contributed by atoms with Gasteiger partial charge in [0.2, 0.25) is 5.91 Å². The molecule has 6 nitrogen and oxygen atoms in total. The highest BCUT2D eigenvalue weighted by molar-refractivity contribution is 6.02. The fraction of sp³-hybridized carbons (Fsp3) is 0.308. The highest BCUT2D eigenvalue weighted by Gasteiger charge is 2.27. The third kappa shape index (κ3) is 3.09. The largest absolute Gasteiger partial charge is 0.350 e. The summed E-state index contributed by atoms with van der Waals surface area (Å²) in [5, 5.41) is 5.09. The number of nitrogens with one attached hydrogen (secondary N) is 2. The van der Waals surface area contributed by atoms with Gasteiger partial charge in [-0.25, -0.2) is 4.79 Å². The number of aryl methyl sites for hydroxylation is 1. The Morgan fingerprint density at radius 1 is 1.32 bits per heavy atom. The molecule has 19 heavy (non-hydrogen) atoms. The van der Waals surface area contributed by atoms with Gasteiger partial charge in [0.05, 0.1) is 6.54 Å². The van der Waals surface area contributed by atoms with Gasteiger partial charge in [0, 0.05) is 18.7 Å².